The molecule has 7 nitrogen and oxygen atoms in total. The number of nitrogens with one attached hydrogen (secondary N) is 1. The van der Waals surface area contributed by atoms with E-state index in [0.29, 0.717) is 42.7 Å². The molecule has 0 spiro atoms. The summed E-state index contributed by atoms with van der Waals surface area (Å²) in [5, 5.41) is 6.85. The van der Waals surface area contributed by atoms with Gasteiger partial charge in [0.2, 0.25) is 17.6 Å². The standard InChI is InChI=1S/C15H19N5O2.2ClH/c16-9-12(10-4-5-10)18-13(21)6-7-14-19-15(20-22-14)11-3-1-2-8-17-11;;/h1-3,8,10,12H,4-7,9,16H2,(H,18,21);2*1H. The molecule has 9 heteroatoms. The van der Waals surface area contributed by atoms with Crippen molar-refractivity contribution in [2.75, 3.05) is 6.54 Å². The second kappa shape index (κ2) is 9.56. The first kappa shape index (κ1) is 20.3. The molecule has 1 aliphatic carbocycles. The van der Waals surface area contributed by atoms with Crippen LogP contribution in [0.1, 0.15) is 25.2 Å². The summed E-state index contributed by atoms with van der Waals surface area (Å²) in [6.45, 7) is 0.487. The van der Waals surface area contributed by atoms with Gasteiger partial charge in [0, 0.05) is 31.6 Å². The van der Waals surface area contributed by atoms with Gasteiger partial charge in [0.15, 0.2) is 0 Å². The Kier molecular flexibility index (Phi) is 8.10. The molecule has 0 aromatic carbocycles. The highest BCUT2D eigenvalue weighted by molar-refractivity contribution is 5.85. The third-order valence-electron chi connectivity index (χ3n) is 3.72. The first-order valence-electron chi connectivity index (χ1n) is 7.49. The summed E-state index contributed by atoms with van der Waals surface area (Å²) < 4.78 is 5.15. The predicted molar refractivity (Wildman–Crippen MR) is 94.1 cm³/mol. The molecule has 3 rings (SSSR count). The van der Waals surface area contributed by atoms with Crippen LogP contribution in [0.4, 0.5) is 0 Å². The van der Waals surface area contributed by atoms with Gasteiger partial charge in [0.05, 0.1) is 0 Å². The van der Waals surface area contributed by atoms with Crippen molar-refractivity contribution in [2.45, 2.75) is 31.7 Å². The number of aromatic nitrogens is 3. The number of rotatable bonds is 7. The van der Waals surface area contributed by atoms with E-state index in [0.717, 1.165) is 12.8 Å². The molecule has 0 radical (unpaired) electrons. The average molecular weight is 374 g/mol. The van der Waals surface area contributed by atoms with Gasteiger partial charge in [-0.1, -0.05) is 11.2 Å². The zero-order valence-corrected chi connectivity index (χ0v) is 14.7. The van der Waals surface area contributed by atoms with E-state index < -0.39 is 0 Å². The van der Waals surface area contributed by atoms with Crippen LogP contribution in [0.2, 0.25) is 0 Å². The van der Waals surface area contributed by atoms with Gasteiger partial charge in [-0.05, 0) is 30.9 Å². The quantitative estimate of drug-likeness (QED) is 0.765. The molecule has 1 aliphatic rings. The fourth-order valence-electron chi connectivity index (χ4n) is 2.32. The summed E-state index contributed by atoms with van der Waals surface area (Å²) in [5.74, 6) is 1.40. The fourth-order valence-corrected chi connectivity index (χ4v) is 2.32. The number of carbonyl (C=O) groups excluding carboxylic acids is 1. The van der Waals surface area contributed by atoms with E-state index in [1.54, 1.807) is 6.20 Å². The normalized spacial score (nSPS) is 14.2. The van der Waals surface area contributed by atoms with Gasteiger partial charge in [-0.2, -0.15) is 4.98 Å². The van der Waals surface area contributed by atoms with Crippen molar-refractivity contribution >= 4 is 30.7 Å². The maximum atomic E-state index is 11.9. The summed E-state index contributed by atoms with van der Waals surface area (Å²) >= 11 is 0. The number of halogens is 2. The van der Waals surface area contributed by atoms with Crippen molar-refractivity contribution in [2.24, 2.45) is 11.7 Å². The van der Waals surface area contributed by atoms with Gasteiger partial charge in [-0.25, -0.2) is 0 Å². The molecule has 1 saturated carbocycles. The first-order chi connectivity index (χ1) is 10.8. The molecule has 24 heavy (non-hydrogen) atoms. The zero-order valence-electron chi connectivity index (χ0n) is 13.1. The molecule has 1 unspecified atom stereocenters. The highest BCUT2D eigenvalue weighted by Crippen LogP contribution is 2.32. The summed E-state index contributed by atoms with van der Waals surface area (Å²) in [5.41, 5.74) is 6.33. The Morgan fingerprint density at radius 3 is 2.79 bits per heavy atom. The molecule has 3 N–H and O–H groups in total. The van der Waals surface area contributed by atoms with E-state index in [-0.39, 0.29) is 36.8 Å². The molecule has 0 saturated heterocycles. The van der Waals surface area contributed by atoms with Crippen molar-refractivity contribution in [3.05, 3.63) is 30.3 Å². The van der Waals surface area contributed by atoms with E-state index in [1.165, 1.54) is 0 Å². The first-order valence-corrected chi connectivity index (χ1v) is 7.49. The Hall–Kier alpha value is -1.70. The summed E-state index contributed by atoms with van der Waals surface area (Å²) in [4.78, 5) is 20.3. The van der Waals surface area contributed by atoms with Crippen LogP contribution in [0.5, 0.6) is 0 Å². The van der Waals surface area contributed by atoms with Gasteiger partial charge in [-0.3, -0.25) is 9.78 Å². The number of hydrogen-bond donors (Lipinski definition) is 2. The Morgan fingerprint density at radius 2 is 2.17 bits per heavy atom. The Bertz CT molecular complexity index is 634. The molecule has 1 amide bonds. The van der Waals surface area contributed by atoms with Gasteiger partial charge in [0.25, 0.3) is 0 Å². The number of pyridine rings is 1. The van der Waals surface area contributed by atoms with Crippen molar-refractivity contribution in [1.82, 2.24) is 20.4 Å². The lowest BCUT2D eigenvalue weighted by Crippen LogP contribution is -2.41. The van der Waals surface area contributed by atoms with E-state index in [1.807, 2.05) is 18.2 Å². The minimum atomic E-state index is -0.0278. The third-order valence-corrected chi connectivity index (χ3v) is 3.72. The molecular weight excluding hydrogens is 353 g/mol. The largest absolute Gasteiger partial charge is 0.352 e. The summed E-state index contributed by atoms with van der Waals surface area (Å²) in [7, 11) is 0. The Labute approximate surface area is 152 Å². The summed E-state index contributed by atoms with van der Waals surface area (Å²) in [6, 6.07) is 5.58. The summed E-state index contributed by atoms with van der Waals surface area (Å²) in [6.07, 6.45) is 4.70. The van der Waals surface area contributed by atoms with Crippen molar-refractivity contribution in [3.8, 4) is 11.5 Å². The van der Waals surface area contributed by atoms with Gasteiger partial charge < -0.3 is 15.6 Å². The van der Waals surface area contributed by atoms with Crippen LogP contribution in [0.15, 0.2) is 28.9 Å². The van der Waals surface area contributed by atoms with E-state index in [4.69, 9.17) is 10.3 Å². The lowest BCUT2D eigenvalue weighted by molar-refractivity contribution is -0.121. The van der Waals surface area contributed by atoms with E-state index >= 15 is 0 Å². The molecule has 0 bridgehead atoms. The molecule has 2 heterocycles. The minimum Gasteiger partial charge on any atom is -0.352 e. The van der Waals surface area contributed by atoms with Crippen LogP contribution in [-0.4, -0.2) is 33.6 Å². The van der Waals surface area contributed by atoms with Crippen LogP contribution in [0.25, 0.3) is 11.5 Å². The van der Waals surface area contributed by atoms with E-state index in [9.17, 15) is 4.79 Å². The average Bonchev–Trinajstić information content (AvgIpc) is 3.29. The van der Waals surface area contributed by atoms with Crippen molar-refractivity contribution < 1.29 is 9.32 Å². The predicted octanol–water partition coefficient (Wildman–Crippen LogP) is 1.76. The molecule has 2 aromatic heterocycles. The van der Waals surface area contributed by atoms with Gasteiger partial charge in [0.1, 0.15) is 5.69 Å². The SMILES string of the molecule is Cl.Cl.NCC(NC(=O)CCc1nc(-c2ccccn2)no1)C1CC1. The second-order valence-electron chi connectivity index (χ2n) is 5.47. The van der Waals surface area contributed by atoms with Crippen molar-refractivity contribution in [1.29, 1.82) is 0 Å². The lowest BCUT2D eigenvalue weighted by Gasteiger charge is -2.15. The van der Waals surface area contributed by atoms with Crippen LogP contribution >= 0.6 is 24.8 Å². The number of nitrogens with zero attached hydrogens (tertiary/aromatic N) is 3. The van der Waals surface area contributed by atoms with Crippen LogP contribution in [0.3, 0.4) is 0 Å². The topological polar surface area (TPSA) is 107 Å². The van der Waals surface area contributed by atoms with E-state index in [2.05, 4.69) is 20.4 Å². The number of hydrogen-bond acceptors (Lipinski definition) is 6. The van der Waals surface area contributed by atoms with Crippen LogP contribution < -0.4 is 11.1 Å². The molecule has 0 aliphatic heterocycles. The number of nitrogens with two attached hydrogens (primary N) is 1. The molecule has 132 valence electrons. The molecular formula is C15H21Cl2N5O2. The van der Waals surface area contributed by atoms with Crippen molar-refractivity contribution in [3.63, 3.8) is 0 Å². The third kappa shape index (κ3) is 5.43. The Balaban J connectivity index is 0.00000144. The van der Waals surface area contributed by atoms with Gasteiger partial charge >= 0.3 is 0 Å². The number of carbonyl (C=O) groups is 1. The maximum Gasteiger partial charge on any atom is 0.227 e. The Morgan fingerprint density at radius 1 is 1.38 bits per heavy atom. The highest BCUT2D eigenvalue weighted by atomic mass is 35.5. The highest BCUT2D eigenvalue weighted by Gasteiger charge is 2.31. The van der Waals surface area contributed by atoms with Crippen LogP contribution in [0, 0.1) is 5.92 Å². The minimum absolute atomic E-state index is 0. The second-order valence-corrected chi connectivity index (χ2v) is 5.47. The maximum absolute atomic E-state index is 11.9. The van der Waals surface area contributed by atoms with Crippen LogP contribution in [-0.2, 0) is 11.2 Å². The lowest BCUT2D eigenvalue weighted by atomic mass is 10.1. The molecule has 2 aromatic rings. The fraction of sp³-hybridized carbons (Fsp3) is 0.467. The molecule has 1 atom stereocenters. The number of aryl methyl sites for hydroxylation is 1. The smallest absolute Gasteiger partial charge is 0.227 e. The molecule has 1 fully saturated rings. The van der Waals surface area contributed by atoms with Gasteiger partial charge in [-0.15, -0.1) is 24.8 Å². The number of amides is 1. The monoisotopic (exact) mass is 373 g/mol. The zero-order chi connectivity index (χ0) is 15.4.